The normalized spacial score (nSPS) is 15.7. The lowest BCUT2D eigenvalue weighted by molar-refractivity contribution is 0.0909. The molecule has 0 spiro atoms. The molecule has 138 valence electrons. The van der Waals surface area contributed by atoms with Gasteiger partial charge in [0.05, 0.1) is 5.56 Å². The zero-order valence-electron chi connectivity index (χ0n) is 15.7. The molecule has 3 aromatic rings. The van der Waals surface area contributed by atoms with E-state index in [1.54, 1.807) is 0 Å². The van der Waals surface area contributed by atoms with Gasteiger partial charge in [-0.2, -0.15) is 0 Å². The van der Waals surface area contributed by atoms with Crippen LogP contribution in [-0.2, 0) is 6.42 Å². The fraction of sp³-hybridized carbons (Fsp3) is 0.286. The Morgan fingerprint density at radius 1 is 1.22 bits per heavy atom. The average Bonchev–Trinajstić information content (AvgIpc) is 2.89. The van der Waals surface area contributed by atoms with Crippen LogP contribution in [0, 0.1) is 12.3 Å². The summed E-state index contributed by atoms with van der Waals surface area (Å²) in [6.07, 6.45) is 4.75. The second kappa shape index (κ2) is 5.67. The summed E-state index contributed by atoms with van der Waals surface area (Å²) >= 11 is 0. The number of aromatic nitrogens is 2. The number of hydrogen-bond donors (Lipinski definition) is 2. The molecule has 6 heteroatoms. The molecule has 6 nitrogen and oxygen atoms in total. The highest BCUT2D eigenvalue weighted by Gasteiger charge is 2.34. The van der Waals surface area contributed by atoms with Gasteiger partial charge in [-0.25, -0.2) is 4.98 Å². The first-order valence-corrected chi connectivity index (χ1v) is 8.90. The van der Waals surface area contributed by atoms with Crippen molar-refractivity contribution in [3.05, 3.63) is 53.0 Å². The molecule has 0 radical (unpaired) electrons. The number of primary amides is 1. The van der Waals surface area contributed by atoms with E-state index in [-0.39, 0.29) is 11.2 Å². The number of pyridine rings is 1. The first kappa shape index (κ1) is 17.3. The number of rotatable bonds is 2. The molecule has 0 aliphatic heterocycles. The SMILES string of the molecule is Cc1cn(-c2ccc3c(N)ncc(C(N)=O)c3c2)c2c1C(=O)CC(C)(C)C2. The maximum Gasteiger partial charge on any atom is 0.250 e. The topological polar surface area (TPSA) is 104 Å². The summed E-state index contributed by atoms with van der Waals surface area (Å²) in [5.74, 6) is -0.0141. The van der Waals surface area contributed by atoms with Gasteiger partial charge in [0.1, 0.15) is 5.82 Å². The molecule has 1 aromatic carbocycles. The van der Waals surface area contributed by atoms with E-state index in [4.69, 9.17) is 11.5 Å². The lowest BCUT2D eigenvalue weighted by Crippen LogP contribution is -2.28. The fourth-order valence-electron chi connectivity index (χ4n) is 4.11. The van der Waals surface area contributed by atoms with Gasteiger partial charge in [-0.1, -0.05) is 13.8 Å². The molecule has 1 aliphatic rings. The number of amides is 1. The summed E-state index contributed by atoms with van der Waals surface area (Å²) in [7, 11) is 0. The lowest BCUT2D eigenvalue weighted by atomic mass is 9.75. The molecule has 0 fully saturated rings. The Morgan fingerprint density at radius 2 is 1.96 bits per heavy atom. The first-order chi connectivity index (χ1) is 12.7. The molecule has 1 aliphatic carbocycles. The molecule has 0 saturated carbocycles. The molecule has 0 unspecified atom stereocenters. The van der Waals surface area contributed by atoms with E-state index in [2.05, 4.69) is 18.8 Å². The summed E-state index contributed by atoms with van der Waals surface area (Å²) in [5, 5.41) is 1.35. The Balaban J connectivity index is 1.97. The molecule has 4 N–H and O–H groups in total. The molecule has 4 rings (SSSR count). The highest BCUT2D eigenvalue weighted by molar-refractivity contribution is 6.09. The van der Waals surface area contributed by atoms with Crippen molar-refractivity contribution < 1.29 is 9.59 Å². The maximum atomic E-state index is 12.7. The van der Waals surface area contributed by atoms with Crippen molar-refractivity contribution in [1.82, 2.24) is 9.55 Å². The van der Waals surface area contributed by atoms with Crippen molar-refractivity contribution >= 4 is 28.3 Å². The van der Waals surface area contributed by atoms with E-state index in [9.17, 15) is 9.59 Å². The van der Waals surface area contributed by atoms with Crippen LogP contribution in [0.25, 0.3) is 16.5 Å². The minimum Gasteiger partial charge on any atom is -0.383 e. The van der Waals surface area contributed by atoms with Crippen molar-refractivity contribution in [3.8, 4) is 5.69 Å². The predicted molar refractivity (Wildman–Crippen MR) is 105 cm³/mol. The van der Waals surface area contributed by atoms with Crippen molar-refractivity contribution in [2.24, 2.45) is 11.1 Å². The van der Waals surface area contributed by atoms with Crippen LogP contribution in [0.15, 0.2) is 30.6 Å². The molecule has 2 aromatic heterocycles. The Bertz CT molecular complexity index is 1120. The van der Waals surface area contributed by atoms with E-state index in [1.807, 2.05) is 35.9 Å². The van der Waals surface area contributed by atoms with Crippen LogP contribution < -0.4 is 11.5 Å². The number of fused-ring (bicyclic) bond motifs is 2. The molecule has 2 heterocycles. The van der Waals surface area contributed by atoms with E-state index in [0.29, 0.717) is 28.6 Å². The third-order valence-electron chi connectivity index (χ3n) is 5.31. The highest BCUT2D eigenvalue weighted by atomic mass is 16.1. The van der Waals surface area contributed by atoms with E-state index >= 15 is 0 Å². The second-order valence-electron chi connectivity index (χ2n) is 8.10. The van der Waals surface area contributed by atoms with Crippen LogP contribution in [0.4, 0.5) is 5.82 Å². The Hall–Kier alpha value is -3.15. The zero-order chi connectivity index (χ0) is 19.5. The molecule has 0 atom stereocenters. The summed E-state index contributed by atoms with van der Waals surface area (Å²) in [4.78, 5) is 28.6. The van der Waals surface area contributed by atoms with Gasteiger partial charge < -0.3 is 16.0 Å². The van der Waals surface area contributed by atoms with Crippen molar-refractivity contribution in [1.29, 1.82) is 0 Å². The van der Waals surface area contributed by atoms with Crippen LogP contribution in [0.3, 0.4) is 0 Å². The molecular formula is C21H22N4O2. The number of nitrogens with zero attached hydrogens (tertiary/aromatic N) is 2. The van der Waals surface area contributed by atoms with Crippen LogP contribution in [0.2, 0.25) is 0 Å². The summed E-state index contributed by atoms with van der Waals surface area (Å²) in [5.41, 5.74) is 15.4. The van der Waals surface area contributed by atoms with Crippen molar-refractivity contribution in [3.63, 3.8) is 0 Å². The average molecular weight is 362 g/mol. The first-order valence-electron chi connectivity index (χ1n) is 8.90. The third-order valence-corrected chi connectivity index (χ3v) is 5.31. The van der Waals surface area contributed by atoms with Crippen LogP contribution in [-0.4, -0.2) is 21.2 Å². The van der Waals surface area contributed by atoms with E-state index in [1.165, 1.54) is 6.20 Å². The number of nitrogen functional groups attached to an aromatic ring is 1. The number of anilines is 1. The van der Waals surface area contributed by atoms with Crippen LogP contribution >= 0.6 is 0 Å². The number of ketones is 1. The number of aryl methyl sites for hydroxylation is 1. The maximum absolute atomic E-state index is 12.7. The van der Waals surface area contributed by atoms with Gasteiger partial charge in [-0.15, -0.1) is 0 Å². The molecule has 0 bridgehead atoms. The largest absolute Gasteiger partial charge is 0.383 e. The van der Waals surface area contributed by atoms with E-state index in [0.717, 1.165) is 28.9 Å². The third kappa shape index (κ3) is 2.68. The summed E-state index contributed by atoms with van der Waals surface area (Å²) in [6, 6.07) is 5.66. The van der Waals surface area contributed by atoms with Gasteiger partial charge in [0, 0.05) is 46.5 Å². The number of nitrogens with two attached hydrogens (primary N) is 2. The number of carbonyl (C=O) groups excluding carboxylic acids is 2. The molecule has 1 amide bonds. The van der Waals surface area contributed by atoms with Gasteiger partial charge in [0.25, 0.3) is 5.91 Å². The lowest BCUT2D eigenvalue weighted by Gasteiger charge is -2.30. The standard InChI is InChI=1S/C21H22N4O2/c1-11-10-25(16-7-21(2,3)8-17(26)18(11)16)12-4-5-13-14(6-12)15(20(23)27)9-24-19(13)22/h4-6,9-10H,7-8H2,1-3H3,(H2,22,24)(H2,23,27). The molecule has 27 heavy (non-hydrogen) atoms. The van der Waals surface area contributed by atoms with Crippen LogP contribution in [0.5, 0.6) is 0 Å². The van der Waals surface area contributed by atoms with Crippen LogP contribution in [0.1, 0.15) is 52.2 Å². The van der Waals surface area contributed by atoms with Crippen molar-refractivity contribution in [2.75, 3.05) is 5.73 Å². The Kier molecular flexibility index (Phi) is 3.63. The Morgan fingerprint density at radius 3 is 2.67 bits per heavy atom. The minimum atomic E-state index is -0.549. The minimum absolute atomic E-state index is 0.0871. The fourth-order valence-corrected chi connectivity index (χ4v) is 4.11. The predicted octanol–water partition coefficient (Wildman–Crippen LogP) is 3.17. The smallest absolute Gasteiger partial charge is 0.250 e. The number of hydrogen-bond acceptors (Lipinski definition) is 4. The van der Waals surface area contributed by atoms with Gasteiger partial charge in [-0.3, -0.25) is 9.59 Å². The summed E-state index contributed by atoms with van der Waals surface area (Å²) < 4.78 is 2.05. The highest BCUT2D eigenvalue weighted by Crippen LogP contribution is 2.38. The Labute approximate surface area is 157 Å². The number of carbonyl (C=O) groups is 2. The van der Waals surface area contributed by atoms with Gasteiger partial charge in [-0.05, 0) is 42.5 Å². The van der Waals surface area contributed by atoms with Gasteiger partial charge in [0.15, 0.2) is 5.78 Å². The quantitative estimate of drug-likeness (QED) is 0.730. The summed E-state index contributed by atoms with van der Waals surface area (Å²) in [6.45, 7) is 6.18. The number of Topliss-reactive ketones (excluding diaryl/α,β-unsaturated/α-hetero) is 1. The zero-order valence-corrected chi connectivity index (χ0v) is 15.7. The molecular weight excluding hydrogens is 340 g/mol. The van der Waals surface area contributed by atoms with Crippen molar-refractivity contribution in [2.45, 2.75) is 33.6 Å². The second-order valence-corrected chi connectivity index (χ2v) is 8.10. The monoisotopic (exact) mass is 362 g/mol. The van der Waals surface area contributed by atoms with E-state index < -0.39 is 5.91 Å². The van der Waals surface area contributed by atoms with Gasteiger partial charge >= 0.3 is 0 Å². The number of benzene rings is 1. The van der Waals surface area contributed by atoms with Gasteiger partial charge in [0.2, 0.25) is 0 Å². The molecule has 0 saturated heterocycles.